The standard InChI is InChI=1S/C22H18Cl2N4O3S.C2HF3O2/c1-2-27(15-9-7-14(23)8-10-15)32(30,31)16-11-12-18(24)20(13-16)28-21(25)17-5-3-4-6-19(17)26-22(28)29;3-2(4,5)1(6)7/h3-13,25H,2H2,1H3,(H,26,29);(H,6,7). The van der Waals surface area contributed by atoms with Crippen LogP contribution in [0.15, 0.2) is 76.4 Å². The Labute approximate surface area is 229 Å². The second kappa shape index (κ2) is 11.5. The predicted molar refractivity (Wildman–Crippen MR) is 140 cm³/mol. The van der Waals surface area contributed by atoms with Crippen molar-refractivity contribution in [3.8, 4) is 5.69 Å². The van der Waals surface area contributed by atoms with Crippen molar-refractivity contribution in [1.82, 2.24) is 9.55 Å². The highest BCUT2D eigenvalue weighted by atomic mass is 35.5. The molecule has 0 atom stereocenters. The van der Waals surface area contributed by atoms with Gasteiger partial charge in [0.25, 0.3) is 10.0 Å². The fourth-order valence-electron chi connectivity index (χ4n) is 3.47. The first-order valence-corrected chi connectivity index (χ1v) is 13.0. The fraction of sp³-hybridized carbons (Fsp3) is 0.125. The highest BCUT2D eigenvalue weighted by Crippen LogP contribution is 2.28. The molecule has 0 bridgehead atoms. The van der Waals surface area contributed by atoms with Gasteiger partial charge in [0.05, 0.1) is 26.8 Å². The van der Waals surface area contributed by atoms with Crippen LogP contribution in [0.3, 0.4) is 0 Å². The van der Waals surface area contributed by atoms with E-state index in [0.29, 0.717) is 21.6 Å². The van der Waals surface area contributed by atoms with E-state index in [1.54, 1.807) is 55.5 Å². The molecule has 0 aliphatic carbocycles. The van der Waals surface area contributed by atoms with Gasteiger partial charge in [-0.2, -0.15) is 13.2 Å². The number of anilines is 1. The molecule has 206 valence electrons. The van der Waals surface area contributed by atoms with Crippen LogP contribution in [-0.2, 0) is 14.8 Å². The summed E-state index contributed by atoms with van der Waals surface area (Å²) in [6.45, 7) is 1.89. The number of nitrogens with zero attached hydrogens (tertiary/aromatic N) is 2. The maximum Gasteiger partial charge on any atom is 0.490 e. The molecule has 0 saturated heterocycles. The zero-order valence-corrected chi connectivity index (χ0v) is 22.2. The van der Waals surface area contributed by atoms with E-state index in [-0.39, 0.29) is 27.6 Å². The lowest BCUT2D eigenvalue weighted by atomic mass is 10.2. The van der Waals surface area contributed by atoms with Gasteiger partial charge in [0.2, 0.25) is 0 Å². The number of para-hydroxylation sites is 1. The fourth-order valence-corrected chi connectivity index (χ4v) is 5.29. The van der Waals surface area contributed by atoms with Crippen molar-refractivity contribution in [2.24, 2.45) is 0 Å². The highest BCUT2D eigenvalue weighted by molar-refractivity contribution is 7.92. The minimum atomic E-state index is -5.08. The molecule has 1 heterocycles. The molecule has 9 nitrogen and oxygen atoms in total. The molecule has 3 N–H and O–H groups in total. The third-order valence-electron chi connectivity index (χ3n) is 5.24. The molecule has 0 spiro atoms. The van der Waals surface area contributed by atoms with Gasteiger partial charge in [0.1, 0.15) is 5.49 Å². The van der Waals surface area contributed by atoms with E-state index in [0.717, 1.165) is 4.57 Å². The SMILES string of the molecule is CCN(c1ccc(Cl)cc1)S(=O)(=O)c1ccc(Cl)c(-n2c(=O)[nH]c3ccccc3c2=N)c1.O=C(O)C(F)(F)F. The van der Waals surface area contributed by atoms with E-state index in [4.69, 9.17) is 38.5 Å². The number of carbonyl (C=O) groups is 1. The Morgan fingerprint density at radius 1 is 1.08 bits per heavy atom. The summed E-state index contributed by atoms with van der Waals surface area (Å²) in [7, 11) is -3.99. The number of carboxylic acid groups (broad SMARTS) is 1. The Balaban J connectivity index is 0.000000532. The maximum absolute atomic E-state index is 13.4. The van der Waals surface area contributed by atoms with Gasteiger partial charge >= 0.3 is 17.8 Å². The highest BCUT2D eigenvalue weighted by Gasteiger charge is 2.38. The summed E-state index contributed by atoms with van der Waals surface area (Å²) >= 11 is 12.3. The molecule has 0 aliphatic heterocycles. The van der Waals surface area contributed by atoms with Crippen LogP contribution < -0.4 is 15.5 Å². The van der Waals surface area contributed by atoms with Gasteiger partial charge in [0, 0.05) is 17.0 Å². The lowest BCUT2D eigenvalue weighted by Crippen LogP contribution is -2.34. The number of rotatable bonds is 5. The molecule has 0 aliphatic rings. The predicted octanol–water partition coefficient (Wildman–Crippen LogP) is 4.95. The van der Waals surface area contributed by atoms with E-state index in [1.165, 1.54) is 22.5 Å². The van der Waals surface area contributed by atoms with E-state index in [9.17, 15) is 26.4 Å². The molecular formula is C24H19Cl2F3N4O5S. The van der Waals surface area contributed by atoms with Crippen molar-refractivity contribution >= 4 is 55.8 Å². The molecule has 4 rings (SSSR count). The van der Waals surface area contributed by atoms with Gasteiger partial charge in [-0.15, -0.1) is 0 Å². The summed E-state index contributed by atoms with van der Waals surface area (Å²) in [4.78, 5) is 24.3. The normalized spacial score (nSPS) is 11.5. The lowest BCUT2D eigenvalue weighted by Gasteiger charge is -2.23. The number of aromatic nitrogens is 2. The number of H-pyrrole nitrogens is 1. The third kappa shape index (κ3) is 6.44. The van der Waals surface area contributed by atoms with Gasteiger partial charge in [-0.05, 0) is 61.5 Å². The molecule has 39 heavy (non-hydrogen) atoms. The zero-order valence-electron chi connectivity index (χ0n) is 19.8. The first-order valence-electron chi connectivity index (χ1n) is 10.9. The van der Waals surface area contributed by atoms with Crippen molar-refractivity contribution in [2.45, 2.75) is 18.0 Å². The van der Waals surface area contributed by atoms with Crippen molar-refractivity contribution < 1.29 is 31.5 Å². The lowest BCUT2D eigenvalue weighted by molar-refractivity contribution is -0.192. The summed E-state index contributed by atoms with van der Waals surface area (Å²) in [6.07, 6.45) is -5.08. The summed E-state index contributed by atoms with van der Waals surface area (Å²) < 4.78 is 60.9. The second-order valence-electron chi connectivity index (χ2n) is 7.72. The summed E-state index contributed by atoms with van der Waals surface area (Å²) in [5.41, 5.74) is 0.335. The molecule has 0 saturated carbocycles. The molecule has 0 amide bonds. The molecule has 3 aromatic carbocycles. The monoisotopic (exact) mass is 602 g/mol. The van der Waals surface area contributed by atoms with Crippen molar-refractivity contribution in [2.75, 3.05) is 10.8 Å². The van der Waals surface area contributed by atoms with E-state index in [2.05, 4.69) is 4.98 Å². The first-order chi connectivity index (χ1) is 18.2. The van der Waals surface area contributed by atoms with Gasteiger partial charge in [-0.3, -0.25) is 9.71 Å². The maximum atomic E-state index is 13.4. The van der Waals surface area contributed by atoms with Crippen LogP contribution in [0.2, 0.25) is 10.0 Å². The van der Waals surface area contributed by atoms with Crippen LogP contribution in [0, 0.1) is 5.41 Å². The number of sulfonamides is 1. The quantitative estimate of drug-likeness (QED) is 0.297. The number of hydrogen-bond acceptors (Lipinski definition) is 5. The topological polar surface area (TPSA) is 136 Å². The number of hydrogen-bond donors (Lipinski definition) is 3. The Morgan fingerprint density at radius 2 is 1.67 bits per heavy atom. The minimum absolute atomic E-state index is 0.0619. The first kappa shape index (κ1) is 29.7. The summed E-state index contributed by atoms with van der Waals surface area (Å²) in [5.74, 6) is -2.76. The number of benzene rings is 3. The molecule has 0 radical (unpaired) electrons. The second-order valence-corrected chi connectivity index (χ2v) is 10.4. The largest absolute Gasteiger partial charge is 0.490 e. The van der Waals surface area contributed by atoms with Crippen LogP contribution in [0.4, 0.5) is 18.9 Å². The zero-order chi connectivity index (χ0) is 29.1. The molecule has 0 fully saturated rings. The van der Waals surface area contributed by atoms with Crippen molar-refractivity contribution in [3.05, 3.63) is 92.7 Å². The number of aliphatic carboxylic acids is 1. The molecule has 1 aromatic heterocycles. The van der Waals surface area contributed by atoms with Gasteiger partial charge in [-0.1, -0.05) is 35.3 Å². The Hall–Kier alpha value is -3.81. The van der Waals surface area contributed by atoms with Gasteiger partial charge in [-0.25, -0.2) is 22.6 Å². The van der Waals surface area contributed by atoms with Crippen LogP contribution >= 0.6 is 23.2 Å². The minimum Gasteiger partial charge on any atom is -0.475 e. The molecule has 4 aromatic rings. The van der Waals surface area contributed by atoms with Crippen LogP contribution in [-0.4, -0.2) is 41.8 Å². The number of nitrogens with one attached hydrogen (secondary N) is 2. The Bertz CT molecular complexity index is 1760. The molecule has 0 unspecified atom stereocenters. The third-order valence-corrected chi connectivity index (χ3v) is 7.71. The Morgan fingerprint density at radius 3 is 2.23 bits per heavy atom. The van der Waals surface area contributed by atoms with Crippen molar-refractivity contribution in [1.29, 1.82) is 5.41 Å². The van der Waals surface area contributed by atoms with Crippen LogP contribution in [0.5, 0.6) is 0 Å². The van der Waals surface area contributed by atoms with Crippen LogP contribution in [0.1, 0.15) is 6.92 Å². The Kier molecular flexibility index (Phi) is 8.78. The van der Waals surface area contributed by atoms with E-state index in [1.807, 2.05) is 0 Å². The van der Waals surface area contributed by atoms with Crippen LogP contribution in [0.25, 0.3) is 16.6 Å². The smallest absolute Gasteiger partial charge is 0.475 e. The van der Waals surface area contributed by atoms with E-state index >= 15 is 0 Å². The number of halogens is 5. The summed E-state index contributed by atoms with van der Waals surface area (Å²) in [5, 5.41) is 16.8. The molecular weight excluding hydrogens is 584 g/mol. The number of aromatic amines is 1. The number of alkyl halides is 3. The van der Waals surface area contributed by atoms with Gasteiger partial charge < -0.3 is 10.1 Å². The average Bonchev–Trinajstić information content (AvgIpc) is 2.86. The van der Waals surface area contributed by atoms with Gasteiger partial charge in [0.15, 0.2) is 0 Å². The summed E-state index contributed by atoms with van der Waals surface area (Å²) in [6, 6.07) is 17.4. The van der Waals surface area contributed by atoms with E-state index < -0.39 is 27.9 Å². The molecule has 15 heteroatoms. The number of fused-ring (bicyclic) bond motifs is 1. The average molecular weight is 603 g/mol. The van der Waals surface area contributed by atoms with Crippen molar-refractivity contribution in [3.63, 3.8) is 0 Å². The number of carboxylic acids is 1.